The van der Waals surface area contributed by atoms with Crippen molar-refractivity contribution < 1.29 is 9.53 Å². The van der Waals surface area contributed by atoms with Crippen LogP contribution in [-0.2, 0) is 4.74 Å². The summed E-state index contributed by atoms with van der Waals surface area (Å²) in [4.78, 5) is 18.2. The number of ether oxygens (including phenoxy) is 1. The smallest absolute Gasteiger partial charge is 0.317 e. The van der Waals surface area contributed by atoms with E-state index in [2.05, 4.69) is 34.7 Å². The molecule has 0 aromatic carbocycles. The summed E-state index contributed by atoms with van der Waals surface area (Å²) in [6.45, 7) is 7.10. The van der Waals surface area contributed by atoms with Crippen LogP contribution in [0.15, 0.2) is 17.5 Å². The van der Waals surface area contributed by atoms with Crippen molar-refractivity contribution in [2.24, 2.45) is 0 Å². The number of carbonyl (C=O) groups is 1. The number of hydrogen-bond acceptors (Lipinski definition) is 4. The maximum absolute atomic E-state index is 12.5. The van der Waals surface area contributed by atoms with Gasteiger partial charge in [-0.15, -0.1) is 11.3 Å². The number of nitrogens with zero attached hydrogens (tertiary/aromatic N) is 2. The predicted octanol–water partition coefficient (Wildman–Crippen LogP) is 2.71. The molecule has 2 atom stereocenters. The van der Waals surface area contributed by atoms with Crippen LogP contribution in [0.5, 0.6) is 0 Å². The monoisotopic (exact) mass is 337 g/mol. The first-order chi connectivity index (χ1) is 11.3. The number of morpholine rings is 1. The molecule has 3 heterocycles. The Hall–Kier alpha value is -1.11. The minimum atomic E-state index is 0.0486. The van der Waals surface area contributed by atoms with Gasteiger partial charge >= 0.3 is 6.03 Å². The molecule has 23 heavy (non-hydrogen) atoms. The van der Waals surface area contributed by atoms with Crippen molar-refractivity contribution in [3.05, 3.63) is 22.4 Å². The van der Waals surface area contributed by atoms with Crippen LogP contribution >= 0.6 is 11.3 Å². The molecule has 1 aromatic heterocycles. The molecule has 2 fully saturated rings. The van der Waals surface area contributed by atoms with Crippen LogP contribution < -0.4 is 5.32 Å². The second kappa shape index (κ2) is 8.13. The highest BCUT2D eigenvalue weighted by Gasteiger charge is 2.27. The average molecular weight is 337 g/mol. The van der Waals surface area contributed by atoms with Crippen molar-refractivity contribution in [3.8, 4) is 0 Å². The highest BCUT2D eigenvalue weighted by atomic mass is 32.1. The molecule has 2 amide bonds. The van der Waals surface area contributed by atoms with Gasteiger partial charge in [0.2, 0.25) is 0 Å². The standard InChI is InChI=1S/C17H27N3O2S/c1-2-14-13-20(9-10-22-14)17(21)18-12-15(16-6-5-11-23-16)19-7-3-4-8-19/h5-6,11,14-15H,2-4,7-10,12-13H2,1H3,(H,18,21)/t14-,15+/m1/s1. The van der Waals surface area contributed by atoms with E-state index in [-0.39, 0.29) is 12.1 Å². The van der Waals surface area contributed by atoms with E-state index in [4.69, 9.17) is 4.74 Å². The quantitative estimate of drug-likeness (QED) is 0.898. The second-order valence-electron chi connectivity index (χ2n) is 6.31. The maximum Gasteiger partial charge on any atom is 0.317 e. The zero-order chi connectivity index (χ0) is 16.1. The molecule has 0 aliphatic carbocycles. The highest BCUT2D eigenvalue weighted by molar-refractivity contribution is 7.10. The van der Waals surface area contributed by atoms with Gasteiger partial charge in [0.25, 0.3) is 0 Å². The predicted molar refractivity (Wildman–Crippen MR) is 92.9 cm³/mol. The average Bonchev–Trinajstić information content (AvgIpc) is 3.29. The molecule has 0 radical (unpaired) electrons. The van der Waals surface area contributed by atoms with Crippen LogP contribution in [0.2, 0.25) is 0 Å². The molecule has 2 aliphatic rings. The molecule has 2 aliphatic heterocycles. The first kappa shape index (κ1) is 16.7. The van der Waals surface area contributed by atoms with Crippen LogP contribution in [0, 0.1) is 0 Å². The summed E-state index contributed by atoms with van der Waals surface area (Å²) in [7, 11) is 0. The maximum atomic E-state index is 12.5. The van der Waals surface area contributed by atoms with Gasteiger partial charge in [0, 0.05) is 24.5 Å². The van der Waals surface area contributed by atoms with E-state index < -0.39 is 0 Å². The third-order valence-electron chi connectivity index (χ3n) is 4.78. The molecule has 0 saturated carbocycles. The minimum absolute atomic E-state index is 0.0486. The SMILES string of the molecule is CC[C@@H]1CN(C(=O)NC[C@@H](c2cccs2)N2CCCC2)CCO1. The van der Waals surface area contributed by atoms with Crippen LogP contribution in [0.4, 0.5) is 4.79 Å². The van der Waals surface area contributed by atoms with Crippen molar-refractivity contribution >= 4 is 17.4 Å². The summed E-state index contributed by atoms with van der Waals surface area (Å²) < 4.78 is 5.65. The number of urea groups is 1. The first-order valence-electron chi connectivity index (χ1n) is 8.69. The van der Waals surface area contributed by atoms with E-state index in [0.29, 0.717) is 32.3 Å². The van der Waals surface area contributed by atoms with Gasteiger partial charge in [-0.05, 0) is 43.8 Å². The molecule has 5 nitrogen and oxygen atoms in total. The van der Waals surface area contributed by atoms with Crippen molar-refractivity contribution in [2.75, 3.05) is 39.3 Å². The Kier molecular flexibility index (Phi) is 5.91. The summed E-state index contributed by atoms with van der Waals surface area (Å²) in [5.74, 6) is 0. The summed E-state index contributed by atoms with van der Waals surface area (Å²) in [6, 6.07) is 4.64. The van der Waals surface area contributed by atoms with Crippen molar-refractivity contribution in [3.63, 3.8) is 0 Å². The van der Waals surface area contributed by atoms with Gasteiger partial charge in [-0.2, -0.15) is 0 Å². The third-order valence-corrected chi connectivity index (χ3v) is 5.75. The Morgan fingerprint density at radius 1 is 1.43 bits per heavy atom. The lowest BCUT2D eigenvalue weighted by molar-refractivity contribution is -0.0155. The molecule has 3 rings (SSSR count). The molecule has 1 N–H and O–H groups in total. The Morgan fingerprint density at radius 2 is 2.26 bits per heavy atom. The van der Waals surface area contributed by atoms with Crippen LogP contribution in [0.1, 0.15) is 37.1 Å². The highest BCUT2D eigenvalue weighted by Crippen LogP contribution is 2.27. The number of likely N-dealkylation sites (tertiary alicyclic amines) is 1. The third kappa shape index (κ3) is 4.25. The fourth-order valence-electron chi connectivity index (χ4n) is 3.39. The zero-order valence-corrected chi connectivity index (χ0v) is 14.7. The largest absolute Gasteiger partial charge is 0.375 e. The van der Waals surface area contributed by atoms with Crippen LogP contribution in [-0.4, -0.2) is 61.3 Å². The van der Waals surface area contributed by atoms with E-state index >= 15 is 0 Å². The van der Waals surface area contributed by atoms with Gasteiger partial charge in [-0.3, -0.25) is 4.90 Å². The Balaban J connectivity index is 1.56. The van der Waals surface area contributed by atoms with Crippen LogP contribution in [0.3, 0.4) is 0 Å². The lowest BCUT2D eigenvalue weighted by atomic mass is 10.2. The second-order valence-corrected chi connectivity index (χ2v) is 7.29. The number of thiophene rings is 1. The zero-order valence-electron chi connectivity index (χ0n) is 13.9. The lowest BCUT2D eigenvalue weighted by Gasteiger charge is -2.33. The minimum Gasteiger partial charge on any atom is -0.375 e. The van der Waals surface area contributed by atoms with E-state index in [1.165, 1.54) is 17.7 Å². The van der Waals surface area contributed by atoms with E-state index in [1.807, 2.05) is 4.90 Å². The number of rotatable bonds is 5. The molecule has 1 aromatic rings. The molecule has 128 valence electrons. The number of carbonyl (C=O) groups excluding carboxylic acids is 1. The van der Waals surface area contributed by atoms with Crippen molar-refractivity contribution in [1.82, 2.24) is 15.1 Å². The van der Waals surface area contributed by atoms with Gasteiger partial charge in [-0.25, -0.2) is 4.79 Å². The van der Waals surface area contributed by atoms with Crippen molar-refractivity contribution in [2.45, 2.75) is 38.3 Å². The van der Waals surface area contributed by atoms with Gasteiger partial charge in [0.1, 0.15) is 0 Å². The van der Waals surface area contributed by atoms with Gasteiger partial charge in [-0.1, -0.05) is 13.0 Å². The van der Waals surface area contributed by atoms with Gasteiger partial charge < -0.3 is 15.0 Å². The number of hydrogen-bond donors (Lipinski definition) is 1. The van der Waals surface area contributed by atoms with Gasteiger partial charge in [0.05, 0.1) is 18.8 Å². The number of amides is 2. The molecular formula is C17H27N3O2S. The fourth-order valence-corrected chi connectivity index (χ4v) is 4.25. The summed E-state index contributed by atoms with van der Waals surface area (Å²) in [5, 5.41) is 5.28. The molecule has 0 bridgehead atoms. The Bertz CT molecular complexity index is 488. The summed E-state index contributed by atoms with van der Waals surface area (Å²) >= 11 is 1.78. The molecule has 0 spiro atoms. The van der Waals surface area contributed by atoms with Gasteiger partial charge in [0.15, 0.2) is 0 Å². The lowest BCUT2D eigenvalue weighted by Crippen LogP contribution is -2.50. The summed E-state index contributed by atoms with van der Waals surface area (Å²) in [6.07, 6.45) is 3.66. The van der Waals surface area contributed by atoms with Crippen molar-refractivity contribution in [1.29, 1.82) is 0 Å². The molecule has 6 heteroatoms. The number of nitrogens with one attached hydrogen (secondary N) is 1. The summed E-state index contributed by atoms with van der Waals surface area (Å²) in [5.41, 5.74) is 0. The molecule has 2 saturated heterocycles. The topological polar surface area (TPSA) is 44.8 Å². The normalized spacial score (nSPS) is 23.9. The van der Waals surface area contributed by atoms with E-state index in [1.54, 1.807) is 11.3 Å². The van der Waals surface area contributed by atoms with Crippen LogP contribution in [0.25, 0.3) is 0 Å². The molecule has 0 unspecified atom stereocenters. The van der Waals surface area contributed by atoms with E-state index in [9.17, 15) is 4.79 Å². The Morgan fingerprint density at radius 3 is 2.96 bits per heavy atom. The molecular weight excluding hydrogens is 310 g/mol. The first-order valence-corrected chi connectivity index (χ1v) is 9.57. The van der Waals surface area contributed by atoms with E-state index in [0.717, 1.165) is 19.5 Å². The fraction of sp³-hybridized carbons (Fsp3) is 0.706. The Labute approximate surface area is 142 Å².